The topological polar surface area (TPSA) is 35.1 Å². The molecule has 0 unspecified atom stereocenters. The number of para-hydroxylation sites is 1. The van der Waals surface area contributed by atoms with Gasteiger partial charge >= 0.3 is 41.7 Å². The summed E-state index contributed by atoms with van der Waals surface area (Å²) in [6, 6.07) is 8.90. The van der Waals surface area contributed by atoms with Crippen molar-refractivity contribution in [1.29, 1.82) is 0 Å². The van der Waals surface area contributed by atoms with Gasteiger partial charge in [0.25, 0.3) is 0 Å². The van der Waals surface area contributed by atoms with Gasteiger partial charge in [-0.3, -0.25) is 0 Å². The van der Waals surface area contributed by atoms with Crippen LogP contribution < -0.4 is 5.48 Å². The van der Waals surface area contributed by atoms with Crippen molar-refractivity contribution in [3.8, 4) is 0 Å². The minimum atomic E-state index is 0. The van der Waals surface area contributed by atoms with Crippen LogP contribution in [0.3, 0.4) is 0 Å². The molecule has 0 fully saturated rings. The van der Waals surface area contributed by atoms with Crippen molar-refractivity contribution in [2.75, 3.05) is 5.48 Å². The summed E-state index contributed by atoms with van der Waals surface area (Å²) in [6.07, 6.45) is 0. The third-order valence-electron chi connectivity index (χ3n) is 0.892. The minimum Gasteiger partial charge on any atom is -0.761 e. The first-order valence-corrected chi connectivity index (χ1v) is 2.36. The van der Waals surface area contributed by atoms with Gasteiger partial charge in [0.05, 0.1) is 0 Å². The van der Waals surface area contributed by atoms with E-state index in [1.165, 1.54) is 0 Å². The van der Waals surface area contributed by atoms with E-state index in [1.807, 2.05) is 6.07 Å². The van der Waals surface area contributed by atoms with E-state index in [4.69, 9.17) is 0 Å². The van der Waals surface area contributed by atoms with Crippen molar-refractivity contribution >= 4 is 5.69 Å². The molecular weight excluding hydrogens is 242 g/mol. The molecule has 0 aliphatic heterocycles. The monoisotopic (exact) mass is 248 g/mol. The number of benzene rings is 1. The molecule has 1 N–H and O–H groups in total. The van der Waals surface area contributed by atoms with Gasteiger partial charge in [-0.05, 0) is 12.1 Å². The van der Waals surface area contributed by atoms with E-state index in [1.54, 1.807) is 29.7 Å². The molecule has 0 spiro atoms. The molecule has 0 aromatic heterocycles. The molecule has 2 nitrogen and oxygen atoms in total. The molecule has 1 rings (SSSR count). The van der Waals surface area contributed by atoms with Gasteiger partial charge in [0.15, 0.2) is 0 Å². The van der Waals surface area contributed by atoms with E-state index in [0.717, 1.165) is 0 Å². The molecule has 1 radical (unpaired) electrons. The number of hydrogen-bond acceptors (Lipinski definition) is 2. The van der Waals surface area contributed by atoms with E-state index < -0.39 is 0 Å². The Labute approximate surface area is 87.6 Å². The summed E-state index contributed by atoms with van der Waals surface area (Å²) in [5, 5.41) is 9.88. The number of nitrogens with one attached hydrogen (secondary N) is 1. The fourth-order valence-electron chi connectivity index (χ4n) is 0.506. The molecule has 0 bridgehead atoms. The first-order valence-electron chi connectivity index (χ1n) is 2.36. The van der Waals surface area contributed by atoms with Crippen molar-refractivity contribution in [1.82, 2.24) is 0 Å². The molecule has 0 aliphatic rings. The van der Waals surface area contributed by atoms with Crippen LogP contribution >= 0.6 is 0 Å². The Bertz CT molecular complexity index is 154. The Hall–Kier alpha value is 0.357. The standard InChI is InChI=1S/C6H6NO.Ce/c8-7-6-4-2-1-3-5-6;/h1-5,7H;/q-1;+1. The van der Waals surface area contributed by atoms with E-state index in [9.17, 15) is 5.21 Å². The van der Waals surface area contributed by atoms with Gasteiger partial charge < -0.3 is 10.7 Å². The van der Waals surface area contributed by atoms with Gasteiger partial charge in [0.2, 0.25) is 0 Å². The first kappa shape index (κ1) is 9.36. The van der Waals surface area contributed by atoms with E-state index in [-0.39, 0.29) is 41.7 Å². The van der Waals surface area contributed by atoms with Gasteiger partial charge in [-0.15, -0.1) is 0 Å². The normalized spacial score (nSPS) is 7.67. The Balaban J connectivity index is 0.000000640. The van der Waals surface area contributed by atoms with Gasteiger partial charge in [-0.25, -0.2) is 0 Å². The van der Waals surface area contributed by atoms with Crippen LogP contribution in [0.25, 0.3) is 0 Å². The van der Waals surface area contributed by atoms with Crippen LogP contribution in [0.2, 0.25) is 0 Å². The average Bonchev–Trinajstić information content (AvgIpc) is 1.90. The van der Waals surface area contributed by atoms with Crippen molar-refractivity contribution in [2.45, 2.75) is 0 Å². The molecule has 1 aromatic carbocycles. The van der Waals surface area contributed by atoms with Crippen LogP contribution in [0.4, 0.5) is 5.69 Å². The zero-order valence-corrected chi connectivity index (χ0v) is 7.94. The maximum Gasteiger partial charge on any atom is 1.00 e. The molecule has 0 saturated heterocycles. The molecule has 0 heterocycles. The zero-order chi connectivity index (χ0) is 5.82. The fraction of sp³-hybridized carbons (Fsp3) is 0. The van der Waals surface area contributed by atoms with Gasteiger partial charge in [-0.1, -0.05) is 18.2 Å². The van der Waals surface area contributed by atoms with Crippen molar-refractivity contribution in [3.05, 3.63) is 35.5 Å². The number of anilines is 1. The van der Waals surface area contributed by atoms with Gasteiger partial charge in [0.1, 0.15) is 0 Å². The van der Waals surface area contributed by atoms with Crippen molar-refractivity contribution in [2.24, 2.45) is 0 Å². The quantitative estimate of drug-likeness (QED) is 0.766. The van der Waals surface area contributed by atoms with Crippen LogP contribution in [0.5, 0.6) is 0 Å². The zero-order valence-electron chi connectivity index (χ0n) is 4.79. The fourth-order valence-corrected chi connectivity index (χ4v) is 0.506. The molecule has 45 valence electrons. The minimum absolute atomic E-state index is 0. The second-order valence-corrected chi connectivity index (χ2v) is 1.47. The molecular formula is C6H6CeNO. The first-order chi connectivity index (χ1) is 3.93. The van der Waals surface area contributed by atoms with E-state index in [0.29, 0.717) is 5.69 Å². The third kappa shape index (κ3) is 3.15. The second-order valence-electron chi connectivity index (χ2n) is 1.47. The molecule has 3 heteroatoms. The molecule has 9 heavy (non-hydrogen) atoms. The average molecular weight is 248 g/mol. The maximum absolute atomic E-state index is 9.88. The van der Waals surface area contributed by atoms with E-state index in [2.05, 4.69) is 0 Å². The second kappa shape index (κ2) is 5.17. The Kier molecular flexibility index (Phi) is 5.37. The Morgan fingerprint density at radius 2 is 1.67 bits per heavy atom. The number of rotatable bonds is 1. The summed E-state index contributed by atoms with van der Waals surface area (Å²) < 4.78 is 0. The van der Waals surface area contributed by atoms with Crippen LogP contribution in [0.1, 0.15) is 0 Å². The SMILES string of the molecule is [Ce+].[O-]Nc1ccccc1. The predicted octanol–water partition coefficient (Wildman–Crippen LogP) is 1.60. The summed E-state index contributed by atoms with van der Waals surface area (Å²) in [5.74, 6) is 0. The summed E-state index contributed by atoms with van der Waals surface area (Å²) in [5.41, 5.74) is 2.38. The van der Waals surface area contributed by atoms with Crippen LogP contribution in [-0.4, -0.2) is 0 Å². The summed E-state index contributed by atoms with van der Waals surface area (Å²) in [4.78, 5) is 0. The smallest absolute Gasteiger partial charge is 0.761 e. The van der Waals surface area contributed by atoms with Crippen LogP contribution in [-0.2, 0) is 0 Å². The van der Waals surface area contributed by atoms with Gasteiger partial charge in [0, 0.05) is 5.69 Å². The molecule has 0 atom stereocenters. The largest absolute Gasteiger partial charge is 1.00 e. The maximum atomic E-state index is 9.88. The summed E-state index contributed by atoms with van der Waals surface area (Å²) >= 11 is 0. The predicted molar refractivity (Wildman–Crippen MR) is 33.4 cm³/mol. The molecule has 1 aromatic rings. The van der Waals surface area contributed by atoms with Crippen LogP contribution in [0.15, 0.2) is 30.3 Å². The summed E-state index contributed by atoms with van der Waals surface area (Å²) in [6.45, 7) is 0. The van der Waals surface area contributed by atoms with Gasteiger partial charge in [-0.2, -0.15) is 0 Å². The van der Waals surface area contributed by atoms with Crippen molar-refractivity contribution in [3.63, 3.8) is 0 Å². The molecule has 0 amide bonds. The Morgan fingerprint density at radius 3 is 2.00 bits per heavy atom. The van der Waals surface area contributed by atoms with Crippen molar-refractivity contribution < 1.29 is 41.7 Å². The summed E-state index contributed by atoms with van der Waals surface area (Å²) in [7, 11) is 0. The third-order valence-corrected chi connectivity index (χ3v) is 0.892. The van der Waals surface area contributed by atoms with Crippen LogP contribution in [0, 0.1) is 47.0 Å². The Morgan fingerprint density at radius 1 is 1.11 bits per heavy atom. The van der Waals surface area contributed by atoms with E-state index >= 15 is 0 Å². The number of hydrogen-bond donors (Lipinski definition) is 1. The molecule has 0 saturated carbocycles. The molecule has 0 aliphatic carbocycles.